The van der Waals surface area contributed by atoms with Crippen LogP contribution >= 0.6 is 11.6 Å². The largest absolute Gasteiger partial charge is 0.383 e. The van der Waals surface area contributed by atoms with Gasteiger partial charge in [0.15, 0.2) is 5.82 Å². The SMILES string of the molecule is COCCNC(=O)CNc1cccc(Cl)c1F. The molecule has 1 rings (SSSR count). The van der Waals surface area contributed by atoms with Gasteiger partial charge in [-0.2, -0.15) is 0 Å². The molecular weight excluding hydrogens is 247 g/mol. The number of hydrogen-bond acceptors (Lipinski definition) is 3. The van der Waals surface area contributed by atoms with Gasteiger partial charge in [-0.3, -0.25) is 4.79 Å². The molecular formula is C11H14ClFN2O2. The minimum Gasteiger partial charge on any atom is -0.383 e. The number of carbonyl (C=O) groups is 1. The Labute approximate surface area is 104 Å². The van der Waals surface area contributed by atoms with Crippen molar-refractivity contribution in [2.75, 3.05) is 32.1 Å². The third-order valence-corrected chi connectivity index (χ3v) is 2.31. The highest BCUT2D eigenvalue weighted by Crippen LogP contribution is 2.21. The van der Waals surface area contributed by atoms with E-state index in [-0.39, 0.29) is 23.2 Å². The van der Waals surface area contributed by atoms with Crippen molar-refractivity contribution in [1.82, 2.24) is 5.32 Å². The van der Waals surface area contributed by atoms with Crippen molar-refractivity contribution in [3.63, 3.8) is 0 Å². The van der Waals surface area contributed by atoms with Crippen molar-refractivity contribution in [2.45, 2.75) is 0 Å². The standard InChI is InChI=1S/C11H14ClFN2O2/c1-17-6-5-14-10(16)7-15-9-4-2-3-8(12)11(9)13/h2-4,15H,5-7H2,1H3,(H,14,16). The molecule has 0 aliphatic rings. The van der Waals surface area contributed by atoms with Gasteiger partial charge in [0, 0.05) is 13.7 Å². The average Bonchev–Trinajstić information content (AvgIpc) is 2.31. The number of amides is 1. The van der Waals surface area contributed by atoms with Gasteiger partial charge in [0.2, 0.25) is 5.91 Å². The molecule has 0 aliphatic carbocycles. The van der Waals surface area contributed by atoms with Crippen LogP contribution < -0.4 is 10.6 Å². The molecule has 1 aromatic rings. The van der Waals surface area contributed by atoms with Crippen LogP contribution in [-0.2, 0) is 9.53 Å². The van der Waals surface area contributed by atoms with Crippen LogP contribution in [0.1, 0.15) is 0 Å². The smallest absolute Gasteiger partial charge is 0.239 e. The predicted octanol–water partition coefficient (Wildman–Crippen LogP) is 1.65. The van der Waals surface area contributed by atoms with Crippen LogP contribution in [0.4, 0.5) is 10.1 Å². The number of halogens is 2. The minimum absolute atomic E-state index is 0.0129. The highest BCUT2D eigenvalue weighted by molar-refractivity contribution is 6.31. The van der Waals surface area contributed by atoms with Gasteiger partial charge in [0.1, 0.15) is 0 Å². The van der Waals surface area contributed by atoms with Crippen LogP contribution in [0.3, 0.4) is 0 Å². The molecule has 1 aromatic carbocycles. The van der Waals surface area contributed by atoms with Crippen molar-refractivity contribution in [2.24, 2.45) is 0 Å². The van der Waals surface area contributed by atoms with E-state index in [4.69, 9.17) is 16.3 Å². The van der Waals surface area contributed by atoms with E-state index in [1.165, 1.54) is 12.1 Å². The molecule has 0 bridgehead atoms. The molecule has 6 heteroatoms. The van der Waals surface area contributed by atoms with E-state index < -0.39 is 5.82 Å². The average molecular weight is 261 g/mol. The fourth-order valence-electron chi connectivity index (χ4n) is 1.17. The van der Waals surface area contributed by atoms with E-state index in [1.807, 2.05) is 0 Å². The first-order valence-electron chi connectivity index (χ1n) is 5.08. The molecule has 0 aromatic heterocycles. The molecule has 4 nitrogen and oxygen atoms in total. The Morgan fingerprint density at radius 2 is 2.29 bits per heavy atom. The fraction of sp³-hybridized carbons (Fsp3) is 0.364. The van der Waals surface area contributed by atoms with Gasteiger partial charge in [0.25, 0.3) is 0 Å². The first kappa shape index (κ1) is 13.7. The van der Waals surface area contributed by atoms with Gasteiger partial charge < -0.3 is 15.4 Å². The second kappa shape index (κ2) is 7.09. The molecule has 0 spiro atoms. The third kappa shape index (κ3) is 4.58. The Balaban J connectivity index is 2.39. The van der Waals surface area contributed by atoms with Gasteiger partial charge in [-0.25, -0.2) is 4.39 Å². The summed E-state index contributed by atoms with van der Waals surface area (Å²) in [6, 6.07) is 4.57. The predicted molar refractivity (Wildman–Crippen MR) is 64.8 cm³/mol. The first-order valence-corrected chi connectivity index (χ1v) is 5.46. The zero-order valence-electron chi connectivity index (χ0n) is 9.43. The molecule has 0 saturated carbocycles. The van der Waals surface area contributed by atoms with E-state index in [0.29, 0.717) is 13.2 Å². The van der Waals surface area contributed by atoms with Crippen LogP contribution in [-0.4, -0.2) is 32.7 Å². The van der Waals surface area contributed by atoms with Crippen molar-refractivity contribution in [3.05, 3.63) is 29.0 Å². The molecule has 0 heterocycles. The Bertz CT molecular complexity index is 388. The lowest BCUT2D eigenvalue weighted by Gasteiger charge is -2.08. The Morgan fingerprint density at radius 3 is 3.00 bits per heavy atom. The van der Waals surface area contributed by atoms with Gasteiger partial charge in [0.05, 0.1) is 23.9 Å². The molecule has 0 unspecified atom stereocenters. The van der Waals surface area contributed by atoms with Crippen molar-refractivity contribution in [1.29, 1.82) is 0 Å². The summed E-state index contributed by atoms with van der Waals surface area (Å²) >= 11 is 5.60. The summed E-state index contributed by atoms with van der Waals surface area (Å²) in [5, 5.41) is 5.30. The van der Waals surface area contributed by atoms with Crippen LogP contribution in [0.25, 0.3) is 0 Å². The van der Waals surface area contributed by atoms with Gasteiger partial charge in [-0.15, -0.1) is 0 Å². The molecule has 0 fully saturated rings. The highest BCUT2D eigenvalue weighted by atomic mass is 35.5. The van der Waals surface area contributed by atoms with Crippen LogP contribution in [0.5, 0.6) is 0 Å². The molecule has 0 atom stereocenters. The molecule has 0 radical (unpaired) electrons. The number of benzene rings is 1. The molecule has 2 N–H and O–H groups in total. The number of rotatable bonds is 6. The van der Waals surface area contributed by atoms with Gasteiger partial charge >= 0.3 is 0 Å². The summed E-state index contributed by atoms with van der Waals surface area (Å²) in [5.41, 5.74) is 0.208. The molecule has 17 heavy (non-hydrogen) atoms. The van der Waals surface area contributed by atoms with Gasteiger partial charge in [-0.1, -0.05) is 17.7 Å². The quantitative estimate of drug-likeness (QED) is 0.765. The van der Waals surface area contributed by atoms with Crippen molar-refractivity contribution in [3.8, 4) is 0 Å². The summed E-state index contributed by atoms with van der Waals surface area (Å²) in [4.78, 5) is 11.3. The summed E-state index contributed by atoms with van der Waals surface area (Å²) < 4.78 is 18.2. The van der Waals surface area contributed by atoms with Crippen LogP contribution in [0.2, 0.25) is 5.02 Å². The topological polar surface area (TPSA) is 50.4 Å². The van der Waals surface area contributed by atoms with E-state index in [9.17, 15) is 9.18 Å². The molecule has 0 aliphatic heterocycles. The minimum atomic E-state index is -0.557. The fourth-order valence-corrected chi connectivity index (χ4v) is 1.35. The molecule has 0 saturated heterocycles. The number of anilines is 1. The number of ether oxygens (including phenoxy) is 1. The van der Waals surface area contributed by atoms with Crippen molar-refractivity contribution < 1.29 is 13.9 Å². The summed E-state index contributed by atoms with van der Waals surface area (Å²) in [6.07, 6.45) is 0. The Morgan fingerprint density at radius 1 is 1.53 bits per heavy atom. The van der Waals surface area contributed by atoms with E-state index in [0.717, 1.165) is 0 Å². The van der Waals surface area contributed by atoms with E-state index >= 15 is 0 Å². The lowest BCUT2D eigenvalue weighted by molar-refractivity contribution is -0.119. The molecule has 94 valence electrons. The number of nitrogens with one attached hydrogen (secondary N) is 2. The summed E-state index contributed by atoms with van der Waals surface area (Å²) in [7, 11) is 1.55. The lowest BCUT2D eigenvalue weighted by atomic mass is 10.3. The summed E-state index contributed by atoms with van der Waals surface area (Å²) in [5.74, 6) is -0.791. The maximum Gasteiger partial charge on any atom is 0.239 e. The number of carbonyl (C=O) groups excluding carboxylic acids is 1. The normalized spacial score (nSPS) is 10.1. The zero-order chi connectivity index (χ0) is 12.7. The van der Waals surface area contributed by atoms with Gasteiger partial charge in [-0.05, 0) is 12.1 Å². The lowest BCUT2D eigenvalue weighted by Crippen LogP contribution is -2.32. The van der Waals surface area contributed by atoms with Crippen LogP contribution in [0, 0.1) is 5.82 Å². The monoisotopic (exact) mass is 260 g/mol. The second-order valence-electron chi connectivity index (χ2n) is 3.30. The molecule has 1 amide bonds. The van der Waals surface area contributed by atoms with E-state index in [2.05, 4.69) is 10.6 Å². The highest BCUT2D eigenvalue weighted by Gasteiger charge is 2.07. The summed E-state index contributed by atoms with van der Waals surface area (Å²) in [6.45, 7) is 0.854. The number of hydrogen-bond donors (Lipinski definition) is 2. The maximum atomic E-state index is 13.4. The Hall–Kier alpha value is -1.33. The zero-order valence-corrected chi connectivity index (χ0v) is 10.2. The third-order valence-electron chi connectivity index (χ3n) is 2.02. The number of methoxy groups -OCH3 is 1. The Kier molecular flexibility index (Phi) is 5.72. The van der Waals surface area contributed by atoms with E-state index in [1.54, 1.807) is 13.2 Å². The maximum absolute atomic E-state index is 13.4. The first-order chi connectivity index (χ1) is 8.15. The van der Waals surface area contributed by atoms with Crippen LogP contribution in [0.15, 0.2) is 18.2 Å². The van der Waals surface area contributed by atoms with Crippen molar-refractivity contribution >= 4 is 23.2 Å². The second-order valence-corrected chi connectivity index (χ2v) is 3.70.